The molecule has 0 aromatic heterocycles. The Hall–Kier alpha value is -0.570. The average molecular weight is 608 g/mol. The van der Waals surface area contributed by atoms with Crippen LogP contribution in [0.25, 0.3) is 0 Å². The van der Waals surface area contributed by atoms with E-state index in [0.29, 0.717) is 12.5 Å². The molecule has 0 bridgehead atoms. The molecule has 0 rings (SSSR count). The van der Waals surface area contributed by atoms with Gasteiger partial charge in [-0.2, -0.15) is 0 Å². The first kappa shape index (κ1) is 42.4. The summed E-state index contributed by atoms with van der Waals surface area (Å²) in [5.41, 5.74) is 0. The number of hydrogen-bond acceptors (Lipinski definition) is 2. The predicted molar refractivity (Wildman–Crippen MR) is 192 cm³/mol. The Morgan fingerprint density at radius 3 is 0.930 bits per heavy atom. The van der Waals surface area contributed by atoms with Gasteiger partial charge in [0.05, 0.1) is 0 Å². The smallest absolute Gasteiger partial charge is 0.303 e. The summed E-state index contributed by atoms with van der Waals surface area (Å²) in [5.74, 6) is -0.641. The molecule has 1 N–H and O–H groups in total. The zero-order valence-electron chi connectivity index (χ0n) is 30.1. The lowest BCUT2D eigenvalue weighted by Crippen LogP contribution is -2.37. The molecule has 0 spiro atoms. The second-order valence-electron chi connectivity index (χ2n) is 13.9. The molecule has 0 aromatic rings. The van der Waals surface area contributed by atoms with Crippen molar-refractivity contribution in [1.82, 2.24) is 4.90 Å². The number of nitrogens with zero attached hydrogens (tertiary/aromatic N) is 1. The molecule has 0 aliphatic carbocycles. The van der Waals surface area contributed by atoms with E-state index >= 15 is 0 Å². The molecule has 0 fully saturated rings. The van der Waals surface area contributed by atoms with Gasteiger partial charge in [0.25, 0.3) is 0 Å². The molecule has 3 nitrogen and oxygen atoms in total. The summed E-state index contributed by atoms with van der Waals surface area (Å²) >= 11 is 0. The van der Waals surface area contributed by atoms with E-state index in [2.05, 4.69) is 25.7 Å². The summed E-state index contributed by atoms with van der Waals surface area (Å²) < 4.78 is 0. The summed E-state index contributed by atoms with van der Waals surface area (Å²) in [6, 6.07) is 0.439. The third kappa shape index (κ3) is 32.6. The van der Waals surface area contributed by atoms with E-state index in [-0.39, 0.29) is 0 Å². The van der Waals surface area contributed by atoms with Crippen LogP contribution in [0, 0.1) is 0 Å². The van der Waals surface area contributed by atoms with Crippen LogP contribution in [0.3, 0.4) is 0 Å². The Morgan fingerprint density at radius 1 is 0.442 bits per heavy atom. The average Bonchev–Trinajstić information content (AvgIpc) is 3.00. The lowest BCUT2D eigenvalue weighted by molar-refractivity contribution is -0.137. The Bertz CT molecular complexity index is 503. The van der Waals surface area contributed by atoms with Crippen molar-refractivity contribution in [3.63, 3.8) is 0 Å². The van der Waals surface area contributed by atoms with Crippen LogP contribution in [0.5, 0.6) is 0 Å². The molecular weight excluding hydrogens is 526 g/mol. The molecule has 0 saturated heterocycles. The molecule has 0 heterocycles. The van der Waals surface area contributed by atoms with Crippen LogP contribution in [-0.2, 0) is 4.79 Å². The van der Waals surface area contributed by atoms with E-state index in [0.717, 1.165) is 25.9 Å². The molecule has 0 saturated carbocycles. The summed E-state index contributed by atoms with van der Waals surface area (Å²) in [5, 5.41) is 9.25. The monoisotopic (exact) mass is 608 g/mol. The Morgan fingerprint density at radius 2 is 0.698 bits per heavy atom. The maximum atomic E-state index is 11.2. The SMILES string of the molecule is CCCCCCCCCCCCCCCCCN(CCCCCCCCCCCCCCCCC)C(CC)CCC(=O)O. The summed E-state index contributed by atoms with van der Waals surface area (Å²) in [7, 11) is 0. The van der Waals surface area contributed by atoms with E-state index in [4.69, 9.17) is 0 Å². The first-order valence-electron chi connectivity index (χ1n) is 20.1. The fraction of sp³-hybridized carbons (Fsp3) is 0.975. The van der Waals surface area contributed by atoms with Crippen molar-refractivity contribution >= 4 is 5.97 Å². The summed E-state index contributed by atoms with van der Waals surface area (Å²) in [4.78, 5) is 13.9. The van der Waals surface area contributed by atoms with Crippen molar-refractivity contribution in [3.8, 4) is 0 Å². The molecule has 43 heavy (non-hydrogen) atoms. The minimum atomic E-state index is -0.641. The van der Waals surface area contributed by atoms with Gasteiger partial charge in [0.2, 0.25) is 0 Å². The van der Waals surface area contributed by atoms with E-state index in [1.807, 2.05) is 0 Å². The number of carboxylic acid groups (broad SMARTS) is 1. The van der Waals surface area contributed by atoms with Crippen molar-refractivity contribution in [3.05, 3.63) is 0 Å². The predicted octanol–water partition coefficient (Wildman–Crippen LogP) is 13.7. The maximum absolute atomic E-state index is 11.2. The first-order chi connectivity index (χ1) is 21.2. The van der Waals surface area contributed by atoms with E-state index < -0.39 is 5.97 Å². The minimum absolute atomic E-state index is 0.312. The lowest BCUT2D eigenvalue weighted by Gasteiger charge is -2.31. The molecule has 1 unspecified atom stereocenters. The van der Waals surface area contributed by atoms with Gasteiger partial charge >= 0.3 is 5.97 Å². The van der Waals surface area contributed by atoms with Crippen molar-refractivity contribution in [2.75, 3.05) is 13.1 Å². The van der Waals surface area contributed by atoms with Gasteiger partial charge in [0.15, 0.2) is 0 Å². The number of rotatable bonds is 37. The minimum Gasteiger partial charge on any atom is -0.481 e. The Labute approximate surface area is 272 Å². The van der Waals surface area contributed by atoms with Crippen molar-refractivity contribution in [1.29, 1.82) is 0 Å². The van der Waals surface area contributed by atoms with Gasteiger partial charge in [0.1, 0.15) is 0 Å². The molecule has 0 amide bonds. The third-order valence-electron chi connectivity index (χ3n) is 9.78. The summed E-state index contributed by atoms with van der Waals surface area (Å²) in [6.45, 7) is 9.16. The highest BCUT2D eigenvalue weighted by atomic mass is 16.4. The zero-order valence-corrected chi connectivity index (χ0v) is 30.1. The lowest BCUT2D eigenvalue weighted by atomic mass is 10.0. The van der Waals surface area contributed by atoms with Crippen molar-refractivity contribution in [2.24, 2.45) is 0 Å². The highest BCUT2D eigenvalue weighted by Gasteiger charge is 2.17. The Kier molecular flexibility index (Phi) is 35.4. The van der Waals surface area contributed by atoms with Crippen molar-refractivity contribution < 1.29 is 9.90 Å². The van der Waals surface area contributed by atoms with Gasteiger partial charge in [-0.15, -0.1) is 0 Å². The molecule has 0 aromatic carbocycles. The topological polar surface area (TPSA) is 40.5 Å². The normalized spacial score (nSPS) is 12.4. The fourth-order valence-corrected chi connectivity index (χ4v) is 6.78. The van der Waals surface area contributed by atoms with Crippen LogP contribution in [0.4, 0.5) is 0 Å². The van der Waals surface area contributed by atoms with Crippen molar-refractivity contribution in [2.45, 2.75) is 239 Å². The molecule has 1 atom stereocenters. The molecule has 0 radical (unpaired) electrons. The van der Waals surface area contributed by atoms with Crippen LogP contribution >= 0.6 is 0 Å². The van der Waals surface area contributed by atoms with E-state index in [1.54, 1.807) is 0 Å². The molecule has 258 valence electrons. The third-order valence-corrected chi connectivity index (χ3v) is 9.78. The maximum Gasteiger partial charge on any atom is 0.303 e. The quantitative estimate of drug-likeness (QED) is 0.0714. The highest BCUT2D eigenvalue weighted by Crippen LogP contribution is 2.18. The fourth-order valence-electron chi connectivity index (χ4n) is 6.78. The van der Waals surface area contributed by atoms with Crippen LogP contribution in [0.2, 0.25) is 0 Å². The van der Waals surface area contributed by atoms with Gasteiger partial charge < -0.3 is 10.0 Å². The number of carboxylic acids is 1. The van der Waals surface area contributed by atoms with Gasteiger partial charge in [-0.25, -0.2) is 0 Å². The largest absolute Gasteiger partial charge is 0.481 e. The van der Waals surface area contributed by atoms with Crippen LogP contribution in [-0.4, -0.2) is 35.1 Å². The van der Waals surface area contributed by atoms with Gasteiger partial charge in [0, 0.05) is 12.5 Å². The number of carbonyl (C=O) groups is 1. The molecule has 0 aliphatic heterocycles. The van der Waals surface area contributed by atoms with E-state index in [1.165, 1.54) is 193 Å². The van der Waals surface area contributed by atoms with Gasteiger partial charge in [-0.05, 0) is 38.8 Å². The second kappa shape index (κ2) is 35.9. The van der Waals surface area contributed by atoms with Crippen LogP contribution in [0.1, 0.15) is 233 Å². The highest BCUT2D eigenvalue weighted by molar-refractivity contribution is 5.66. The first-order valence-corrected chi connectivity index (χ1v) is 20.1. The second-order valence-corrected chi connectivity index (χ2v) is 13.9. The van der Waals surface area contributed by atoms with Gasteiger partial charge in [-0.1, -0.05) is 201 Å². The van der Waals surface area contributed by atoms with E-state index in [9.17, 15) is 9.90 Å². The molecule has 0 aliphatic rings. The van der Waals surface area contributed by atoms with Crippen LogP contribution in [0.15, 0.2) is 0 Å². The standard InChI is InChI=1S/C40H81NO2/c1-4-7-9-11-13-15-17-19-21-23-25-27-29-31-33-37-41(39(6-3)35-36-40(42)43)38-34-32-30-28-26-24-22-20-18-16-14-12-10-8-5-2/h39H,4-38H2,1-3H3,(H,42,43). The number of aliphatic carboxylic acids is 1. The van der Waals surface area contributed by atoms with Crippen LogP contribution < -0.4 is 0 Å². The summed E-state index contributed by atoms with van der Waals surface area (Å²) in [6.07, 6.45) is 44.4. The number of unbranched alkanes of at least 4 members (excludes halogenated alkanes) is 28. The van der Waals surface area contributed by atoms with Gasteiger partial charge in [-0.3, -0.25) is 4.79 Å². The number of hydrogen-bond donors (Lipinski definition) is 1. The molecular formula is C40H81NO2. The zero-order chi connectivity index (χ0) is 31.5. The Balaban J connectivity index is 3.89. The molecule has 3 heteroatoms.